The van der Waals surface area contributed by atoms with E-state index in [9.17, 15) is 9.90 Å². The lowest BCUT2D eigenvalue weighted by Gasteiger charge is -2.34. The summed E-state index contributed by atoms with van der Waals surface area (Å²) in [4.78, 5) is 13.8. The Hall–Kier alpha value is -0.740. The van der Waals surface area contributed by atoms with Crippen molar-refractivity contribution in [2.45, 2.75) is 18.2 Å². The number of phenolic OH excluding ortho intramolecular Hbond substituents is 1. The maximum atomic E-state index is 12.1. The summed E-state index contributed by atoms with van der Waals surface area (Å²) in [6, 6.07) is 4.86. The van der Waals surface area contributed by atoms with Crippen LogP contribution in [0.1, 0.15) is 23.2 Å². The van der Waals surface area contributed by atoms with Gasteiger partial charge in [0.1, 0.15) is 5.75 Å². The molecule has 18 heavy (non-hydrogen) atoms. The number of amides is 1. The van der Waals surface area contributed by atoms with Crippen LogP contribution in [0.4, 0.5) is 0 Å². The molecule has 1 aromatic carbocycles. The molecule has 0 aliphatic heterocycles. The van der Waals surface area contributed by atoms with Crippen LogP contribution in [-0.4, -0.2) is 34.9 Å². The largest absolute Gasteiger partial charge is 0.507 e. The third-order valence-electron chi connectivity index (χ3n) is 3.25. The van der Waals surface area contributed by atoms with E-state index in [-0.39, 0.29) is 17.0 Å². The molecule has 1 saturated carbocycles. The van der Waals surface area contributed by atoms with E-state index in [1.807, 2.05) is 0 Å². The van der Waals surface area contributed by atoms with Crippen molar-refractivity contribution < 1.29 is 9.90 Å². The third kappa shape index (κ3) is 2.98. The second-order valence-electron chi connectivity index (χ2n) is 4.79. The van der Waals surface area contributed by atoms with Crippen LogP contribution >= 0.6 is 27.5 Å². The number of carbonyl (C=O) groups is 1. The molecule has 1 aliphatic rings. The first-order valence-electron chi connectivity index (χ1n) is 5.85. The lowest BCUT2D eigenvalue weighted by atomic mass is 9.84. The van der Waals surface area contributed by atoms with Crippen LogP contribution in [0.2, 0.25) is 0 Å². The van der Waals surface area contributed by atoms with Crippen molar-refractivity contribution >= 4 is 33.4 Å². The minimum Gasteiger partial charge on any atom is -0.507 e. The first kappa shape index (κ1) is 13.7. The molecule has 2 rings (SSSR count). The van der Waals surface area contributed by atoms with Crippen LogP contribution in [0.15, 0.2) is 22.7 Å². The number of hydrogen-bond acceptors (Lipinski definition) is 2. The SMILES string of the molecule is CN(CC1CC(Cl)C1)C(=O)c1ccc(Br)c(O)c1. The molecule has 3 nitrogen and oxygen atoms in total. The molecule has 1 aromatic rings. The highest BCUT2D eigenvalue weighted by molar-refractivity contribution is 9.10. The number of rotatable bonds is 3. The zero-order chi connectivity index (χ0) is 13.3. The van der Waals surface area contributed by atoms with E-state index in [0.717, 1.165) is 19.4 Å². The molecular weight excluding hydrogens is 318 g/mol. The Morgan fingerprint density at radius 3 is 2.78 bits per heavy atom. The van der Waals surface area contributed by atoms with Gasteiger partial charge in [-0.3, -0.25) is 4.79 Å². The van der Waals surface area contributed by atoms with Gasteiger partial charge in [-0.2, -0.15) is 0 Å². The minimum atomic E-state index is -0.0733. The van der Waals surface area contributed by atoms with Crippen LogP contribution in [0.5, 0.6) is 5.75 Å². The van der Waals surface area contributed by atoms with Crippen molar-refractivity contribution in [1.29, 1.82) is 0 Å². The van der Waals surface area contributed by atoms with E-state index in [1.165, 1.54) is 6.07 Å². The highest BCUT2D eigenvalue weighted by Crippen LogP contribution is 2.32. The van der Waals surface area contributed by atoms with E-state index in [0.29, 0.717) is 16.0 Å². The van der Waals surface area contributed by atoms with Gasteiger partial charge >= 0.3 is 0 Å². The fourth-order valence-corrected chi connectivity index (χ4v) is 2.89. The third-order valence-corrected chi connectivity index (χ3v) is 4.28. The first-order valence-corrected chi connectivity index (χ1v) is 7.08. The van der Waals surface area contributed by atoms with Crippen molar-refractivity contribution in [3.05, 3.63) is 28.2 Å². The van der Waals surface area contributed by atoms with Crippen LogP contribution in [0, 0.1) is 5.92 Å². The van der Waals surface area contributed by atoms with Gasteiger partial charge in [0, 0.05) is 24.5 Å². The second-order valence-corrected chi connectivity index (χ2v) is 6.26. The van der Waals surface area contributed by atoms with Crippen LogP contribution in [-0.2, 0) is 0 Å². The summed E-state index contributed by atoms with van der Waals surface area (Å²) in [6.45, 7) is 0.721. The predicted octanol–water partition coefficient (Wildman–Crippen LogP) is 3.24. The zero-order valence-corrected chi connectivity index (χ0v) is 12.4. The average molecular weight is 333 g/mol. The highest BCUT2D eigenvalue weighted by atomic mass is 79.9. The number of nitrogens with zero attached hydrogens (tertiary/aromatic N) is 1. The topological polar surface area (TPSA) is 40.5 Å². The molecule has 0 aromatic heterocycles. The lowest BCUT2D eigenvalue weighted by molar-refractivity contribution is 0.0746. The Balaban J connectivity index is 1.99. The van der Waals surface area contributed by atoms with Gasteiger partial charge in [0.05, 0.1) is 4.47 Å². The standard InChI is InChI=1S/C13H15BrClNO2/c1-16(7-8-4-10(15)5-8)13(18)9-2-3-11(14)12(17)6-9/h2-3,6,8,10,17H,4-5,7H2,1H3. The Labute approximate surface area is 120 Å². The van der Waals surface area contributed by atoms with E-state index >= 15 is 0 Å². The quantitative estimate of drug-likeness (QED) is 0.863. The fourth-order valence-electron chi connectivity index (χ4n) is 2.14. The molecule has 98 valence electrons. The molecule has 0 spiro atoms. The molecule has 1 aliphatic carbocycles. The molecule has 1 N–H and O–H groups in total. The Bertz CT molecular complexity index is 460. The average Bonchev–Trinajstić information content (AvgIpc) is 2.29. The number of phenols is 1. The summed E-state index contributed by atoms with van der Waals surface area (Å²) >= 11 is 9.11. The number of benzene rings is 1. The van der Waals surface area contributed by atoms with Gasteiger partial charge < -0.3 is 10.0 Å². The molecule has 0 saturated heterocycles. The van der Waals surface area contributed by atoms with E-state index in [1.54, 1.807) is 24.1 Å². The van der Waals surface area contributed by atoms with Crippen LogP contribution < -0.4 is 0 Å². The van der Waals surface area contributed by atoms with Gasteiger partial charge in [-0.05, 0) is 52.9 Å². The summed E-state index contributed by atoms with van der Waals surface area (Å²) in [5.41, 5.74) is 0.500. The maximum absolute atomic E-state index is 12.1. The molecular formula is C13H15BrClNO2. The smallest absolute Gasteiger partial charge is 0.253 e. The Kier molecular flexibility index (Phi) is 4.17. The molecule has 0 bridgehead atoms. The molecule has 0 heterocycles. The van der Waals surface area contributed by atoms with Gasteiger partial charge in [0.2, 0.25) is 0 Å². The number of carbonyl (C=O) groups excluding carboxylic acids is 1. The number of alkyl halides is 1. The van der Waals surface area contributed by atoms with Crippen molar-refractivity contribution in [2.75, 3.05) is 13.6 Å². The maximum Gasteiger partial charge on any atom is 0.253 e. The molecule has 1 amide bonds. The van der Waals surface area contributed by atoms with Crippen LogP contribution in [0.25, 0.3) is 0 Å². The molecule has 0 atom stereocenters. The summed E-state index contributed by atoms with van der Waals surface area (Å²) < 4.78 is 0.589. The zero-order valence-electron chi connectivity index (χ0n) is 10.1. The van der Waals surface area contributed by atoms with Gasteiger partial charge in [-0.15, -0.1) is 11.6 Å². The van der Waals surface area contributed by atoms with Crippen molar-refractivity contribution in [3.63, 3.8) is 0 Å². The Morgan fingerprint density at radius 1 is 1.56 bits per heavy atom. The van der Waals surface area contributed by atoms with Crippen molar-refractivity contribution in [1.82, 2.24) is 4.90 Å². The van der Waals surface area contributed by atoms with Crippen molar-refractivity contribution in [3.8, 4) is 5.75 Å². The summed E-state index contributed by atoms with van der Waals surface area (Å²) in [6.07, 6.45) is 1.95. The van der Waals surface area contributed by atoms with Gasteiger partial charge in [0.25, 0.3) is 5.91 Å². The first-order chi connectivity index (χ1) is 8.47. The van der Waals surface area contributed by atoms with Gasteiger partial charge in [-0.1, -0.05) is 0 Å². The van der Waals surface area contributed by atoms with E-state index < -0.39 is 0 Å². The number of halogens is 2. The molecule has 1 fully saturated rings. The van der Waals surface area contributed by atoms with Gasteiger partial charge in [-0.25, -0.2) is 0 Å². The van der Waals surface area contributed by atoms with Crippen LogP contribution in [0.3, 0.4) is 0 Å². The highest BCUT2D eigenvalue weighted by Gasteiger charge is 2.29. The van der Waals surface area contributed by atoms with E-state index in [4.69, 9.17) is 11.6 Å². The minimum absolute atomic E-state index is 0.0733. The monoisotopic (exact) mass is 331 g/mol. The van der Waals surface area contributed by atoms with Gasteiger partial charge in [0.15, 0.2) is 0 Å². The predicted molar refractivity (Wildman–Crippen MR) is 75.1 cm³/mol. The Morgan fingerprint density at radius 2 is 2.22 bits per heavy atom. The fraction of sp³-hybridized carbons (Fsp3) is 0.462. The van der Waals surface area contributed by atoms with Crippen molar-refractivity contribution in [2.24, 2.45) is 5.92 Å². The molecule has 0 unspecified atom stereocenters. The molecule has 0 radical (unpaired) electrons. The second kappa shape index (κ2) is 5.49. The summed E-state index contributed by atoms with van der Waals surface area (Å²) in [7, 11) is 1.78. The number of hydrogen-bond donors (Lipinski definition) is 1. The molecule has 5 heteroatoms. The normalized spacial score (nSPS) is 22.4. The lowest BCUT2D eigenvalue weighted by Crippen LogP contribution is -2.37. The summed E-state index contributed by atoms with van der Waals surface area (Å²) in [5.74, 6) is 0.514. The van der Waals surface area contributed by atoms with E-state index in [2.05, 4.69) is 15.9 Å². The summed E-state index contributed by atoms with van der Waals surface area (Å²) in [5, 5.41) is 9.84. The number of aromatic hydroxyl groups is 1.